The van der Waals surface area contributed by atoms with E-state index in [1.54, 1.807) is 6.07 Å². The number of hydrogen-bond acceptors (Lipinski definition) is 2. The van der Waals surface area contributed by atoms with E-state index >= 15 is 0 Å². The van der Waals surface area contributed by atoms with Crippen LogP contribution in [0.2, 0.25) is 0 Å². The maximum absolute atomic E-state index is 11.0. The Morgan fingerprint density at radius 1 is 1.56 bits per heavy atom. The molecule has 1 aromatic rings. The Labute approximate surface area is 96.0 Å². The highest BCUT2D eigenvalue weighted by Gasteiger charge is 2.31. The van der Waals surface area contributed by atoms with Crippen LogP contribution in [0.5, 0.6) is 0 Å². The first kappa shape index (κ1) is 11.1. The van der Waals surface area contributed by atoms with E-state index in [0.29, 0.717) is 5.56 Å². The second-order valence-corrected chi connectivity index (χ2v) is 4.67. The van der Waals surface area contributed by atoms with Crippen LogP contribution in [0.4, 0.5) is 0 Å². The van der Waals surface area contributed by atoms with Gasteiger partial charge in [-0.2, -0.15) is 0 Å². The lowest BCUT2D eigenvalue weighted by Gasteiger charge is -2.05. The van der Waals surface area contributed by atoms with E-state index in [4.69, 9.17) is 5.73 Å². The van der Waals surface area contributed by atoms with Crippen LogP contribution in [0.15, 0.2) is 24.3 Å². The Balaban J connectivity index is 1.84. The zero-order chi connectivity index (χ0) is 11.5. The fraction of sp³-hybridized carbons (Fsp3) is 0.462. The fourth-order valence-corrected chi connectivity index (χ4v) is 1.92. The smallest absolute Gasteiger partial charge is 0.248 e. The third kappa shape index (κ3) is 2.83. The van der Waals surface area contributed by atoms with Crippen LogP contribution in [-0.4, -0.2) is 12.5 Å². The van der Waals surface area contributed by atoms with Crippen LogP contribution in [0.3, 0.4) is 0 Å². The molecule has 3 heteroatoms. The molecule has 0 spiro atoms. The molecule has 1 fully saturated rings. The van der Waals surface area contributed by atoms with Crippen molar-refractivity contribution >= 4 is 5.91 Å². The van der Waals surface area contributed by atoms with Crippen molar-refractivity contribution < 1.29 is 4.79 Å². The third-order valence-corrected chi connectivity index (χ3v) is 3.22. The number of primary amides is 1. The lowest BCUT2D eigenvalue weighted by atomic mass is 10.1. The predicted octanol–water partition coefficient (Wildman–Crippen LogP) is 1.53. The topological polar surface area (TPSA) is 55.1 Å². The number of nitrogens with two attached hydrogens (primary N) is 1. The van der Waals surface area contributed by atoms with Gasteiger partial charge in [0.15, 0.2) is 0 Å². The number of hydrogen-bond donors (Lipinski definition) is 2. The predicted molar refractivity (Wildman–Crippen MR) is 63.9 cm³/mol. The Bertz CT molecular complexity index is 389. The van der Waals surface area contributed by atoms with Gasteiger partial charge in [-0.25, -0.2) is 0 Å². The van der Waals surface area contributed by atoms with Gasteiger partial charge in [0.1, 0.15) is 0 Å². The average Bonchev–Trinajstić information content (AvgIpc) is 2.95. The number of benzene rings is 1. The summed E-state index contributed by atoms with van der Waals surface area (Å²) in [5, 5.41) is 3.41. The highest BCUT2D eigenvalue weighted by atomic mass is 16.1. The molecule has 0 saturated heterocycles. The van der Waals surface area contributed by atoms with Gasteiger partial charge in [-0.15, -0.1) is 0 Å². The van der Waals surface area contributed by atoms with E-state index in [0.717, 1.165) is 30.5 Å². The molecule has 0 aliphatic heterocycles. The van der Waals surface area contributed by atoms with Crippen LogP contribution in [0.1, 0.15) is 29.3 Å². The monoisotopic (exact) mass is 218 g/mol. The van der Waals surface area contributed by atoms with E-state index in [1.165, 1.54) is 6.42 Å². The first-order chi connectivity index (χ1) is 7.66. The molecule has 2 rings (SSSR count). The van der Waals surface area contributed by atoms with Gasteiger partial charge in [-0.05, 0) is 42.5 Å². The van der Waals surface area contributed by atoms with E-state index in [2.05, 4.69) is 12.2 Å². The van der Waals surface area contributed by atoms with Crippen molar-refractivity contribution in [1.82, 2.24) is 5.32 Å². The van der Waals surface area contributed by atoms with Crippen molar-refractivity contribution in [3.63, 3.8) is 0 Å². The van der Waals surface area contributed by atoms with Gasteiger partial charge in [0.25, 0.3) is 0 Å². The molecular weight excluding hydrogens is 200 g/mol. The molecule has 2 unspecified atom stereocenters. The fourth-order valence-electron chi connectivity index (χ4n) is 1.92. The molecule has 0 radical (unpaired) electrons. The molecule has 0 heterocycles. The van der Waals surface area contributed by atoms with Gasteiger partial charge in [0.2, 0.25) is 5.91 Å². The second-order valence-electron chi connectivity index (χ2n) is 4.67. The summed E-state index contributed by atoms with van der Waals surface area (Å²) in [5.74, 6) is 1.36. The Morgan fingerprint density at radius 3 is 2.94 bits per heavy atom. The molecule has 3 nitrogen and oxygen atoms in total. The van der Waals surface area contributed by atoms with Crippen molar-refractivity contribution in [3.05, 3.63) is 35.4 Å². The molecular formula is C13H18N2O. The summed E-state index contributed by atoms with van der Waals surface area (Å²) in [6.07, 6.45) is 1.34. The van der Waals surface area contributed by atoms with Crippen molar-refractivity contribution in [2.45, 2.75) is 19.9 Å². The van der Waals surface area contributed by atoms with Crippen molar-refractivity contribution in [3.8, 4) is 0 Å². The third-order valence-electron chi connectivity index (χ3n) is 3.22. The molecule has 1 saturated carbocycles. The zero-order valence-electron chi connectivity index (χ0n) is 9.57. The summed E-state index contributed by atoms with van der Waals surface area (Å²) in [6, 6.07) is 7.48. The lowest BCUT2D eigenvalue weighted by molar-refractivity contribution is 0.1000. The standard InChI is InChI=1S/C13H18N2O/c1-9-5-12(9)8-15-7-10-3-2-4-11(6-10)13(14)16/h2-4,6,9,12,15H,5,7-8H2,1H3,(H2,14,16). The van der Waals surface area contributed by atoms with E-state index in [-0.39, 0.29) is 5.91 Å². The maximum Gasteiger partial charge on any atom is 0.248 e. The maximum atomic E-state index is 11.0. The lowest BCUT2D eigenvalue weighted by Crippen LogP contribution is -2.17. The zero-order valence-corrected chi connectivity index (χ0v) is 9.57. The minimum Gasteiger partial charge on any atom is -0.366 e. The van der Waals surface area contributed by atoms with Crippen molar-refractivity contribution in [2.75, 3.05) is 6.54 Å². The molecule has 1 aromatic carbocycles. The van der Waals surface area contributed by atoms with Crippen LogP contribution >= 0.6 is 0 Å². The number of amides is 1. The number of nitrogens with one attached hydrogen (secondary N) is 1. The largest absolute Gasteiger partial charge is 0.366 e. The molecule has 16 heavy (non-hydrogen) atoms. The van der Waals surface area contributed by atoms with Gasteiger partial charge >= 0.3 is 0 Å². The highest BCUT2D eigenvalue weighted by Crippen LogP contribution is 2.36. The Kier molecular flexibility index (Phi) is 3.25. The van der Waals surface area contributed by atoms with Gasteiger partial charge < -0.3 is 11.1 Å². The summed E-state index contributed by atoms with van der Waals surface area (Å²) < 4.78 is 0. The molecule has 86 valence electrons. The van der Waals surface area contributed by atoms with Crippen LogP contribution in [0.25, 0.3) is 0 Å². The SMILES string of the molecule is CC1CC1CNCc1cccc(C(N)=O)c1. The van der Waals surface area contributed by atoms with Gasteiger partial charge in [-0.1, -0.05) is 19.1 Å². The highest BCUT2D eigenvalue weighted by molar-refractivity contribution is 5.92. The molecule has 0 bridgehead atoms. The van der Waals surface area contributed by atoms with E-state index in [1.807, 2.05) is 18.2 Å². The summed E-state index contributed by atoms with van der Waals surface area (Å²) in [5.41, 5.74) is 6.93. The van der Waals surface area contributed by atoms with Gasteiger partial charge in [0.05, 0.1) is 0 Å². The summed E-state index contributed by atoms with van der Waals surface area (Å²) in [4.78, 5) is 11.0. The van der Waals surface area contributed by atoms with Gasteiger partial charge in [0, 0.05) is 12.1 Å². The molecule has 1 aliphatic carbocycles. The summed E-state index contributed by atoms with van der Waals surface area (Å²) in [6.45, 7) is 4.16. The van der Waals surface area contributed by atoms with Crippen LogP contribution < -0.4 is 11.1 Å². The molecule has 2 atom stereocenters. The molecule has 1 amide bonds. The number of rotatable bonds is 5. The summed E-state index contributed by atoms with van der Waals surface area (Å²) in [7, 11) is 0. The quantitative estimate of drug-likeness (QED) is 0.787. The first-order valence-corrected chi connectivity index (χ1v) is 5.76. The van der Waals surface area contributed by atoms with Crippen molar-refractivity contribution in [2.24, 2.45) is 17.6 Å². The normalized spacial score (nSPS) is 23.1. The first-order valence-electron chi connectivity index (χ1n) is 5.76. The Morgan fingerprint density at radius 2 is 2.31 bits per heavy atom. The Hall–Kier alpha value is -1.35. The van der Waals surface area contributed by atoms with Crippen LogP contribution in [0, 0.1) is 11.8 Å². The van der Waals surface area contributed by atoms with Crippen LogP contribution in [-0.2, 0) is 6.54 Å². The van der Waals surface area contributed by atoms with Gasteiger partial charge in [-0.3, -0.25) is 4.79 Å². The molecule has 1 aliphatic rings. The van der Waals surface area contributed by atoms with E-state index < -0.39 is 0 Å². The number of carbonyl (C=O) groups is 1. The van der Waals surface area contributed by atoms with Crippen molar-refractivity contribution in [1.29, 1.82) is 0 Å². The summed E-state index contributed by atoms with van der Waals surface area (Å²) >= 11 is 0. The number of carbonyl (C=O) groups excluding carboxylic acids is 1. The molecule has 3 N–H and O–H groups in total. The minimum absolute atomic E-state index is 0.363. The van der Waals surface area contributed by atoms with E-state index in [9.17, 15) is 4.79 Å². The average molecular weight is 218 g/mol. The molecule has 0 aromatic heterocycles. The minimum atomic E-state index is -0.363. The second kappa shape index (κ2) is 4.66.